The standard InChI is InChI=1S/C17H13FN4O3S3/c18-14-4-2-1-3-13(14)15(23)21-16(26)20-11-5-7-12(8-6-11)28(24,25)22-17-19-9-10-27-17/h1-10H,(H,19,22)(H2,20,21,23,26). The van der Waals surface area contributed by atoms with Crippen LogP contribution in [-0.4, -0.2) is 24.4 Å². The van der Waals surface area contributed by atoms with Crippen molar-refractivity contribution in [3.05, 3.63) is 71.5 Å². The number of amides is 1. The second-order valence-corrected chi connectivity index (χ2v) is 8.34. The van der Waals surface area contributed by atoms with Gasteiger partial charge in [-0.15, -0.1) is 11.3 Å². The molecule has 7 nitrogen and oxygen atoms in total. The first kappa shape index (κ1) is 19.9. The molecule has 0 fully saturated rings. The average Bonchev–Trinajstić information content (AvgIpc) is 3.14. The molecule has 11 heteroatoms. The van der Waals surface area contributed by atoms with Gasteiger partial charge in [-0.3, -0.25) is 14.8 Å². The first-order valence-corrected chi connectivity index (χ1v) is 10.5. The molecule has 1 heterocycles. The lowest BCUT2D eigenvalue weighted by atomic mass is 10.2. The highest BCUT2D eigenvalue weighted by Crippen LogP contribution is 2.19. The second kappa shape index (κ2) is 8.42. The van der Waals surface area contributed by atoms with Crippen molar-refractivity contribution in [2.75, 3.05) is 10.0 Å². The molecule has 0 spiro atoms. The molecule has 0 saturated heterocycles. The van der Waals surface area contributed by atoms with E-state index in [1.165, 1.54) is 54.7 Å². The van der Waals surface area contributed by atoms with E-state index in [4.69, 9.17) is 12.2 Å². The summed E-state index contributed by atoms with van der Waals surface area (Å²) >= 11 is 6.20. The average molecular weight is 437 g/mol. The molecule has 0 aliphatic heterocycles. The van der Waals surface area contributed by atoms with Crippen molar-refractivity contribution in [3.8, 4) is 0 Å². The summed E-state index contributed by atoms with van der Waals surface area (Å²) in [6, 6.07) is 11.2. The third kappa shape index (κ3) is 4.88. The van der Waals surface area contributed by atoms with E-state index in [2.05, 4.69) is 20.3 Å². The summed E-state index contributed by atoms with van der Waals surface area (Å²) in [6.45, 7) is 0. The van der Waals surface area contributed by atoms with Crippen LogP contribution in [0.1, 0.15) is 10.4 Å². The molecule has 3 rings (SSSR count). The first-order chi connectivity index (χ1) is 13.3. The first-order valence-electron chi connectivity index (χ1n) is 7.74. The van der Waals surface area contributed by atoms with Crippen LogP contribution in [0, 0.1) is 5.82 Å². The molecule has 0 saturated carbocycles. The molecule has 3 aromatic rings. The van der Waals surface area contributed by atoms with E-state index >= 15 is 0 Å². The zero-order valence-corrected chi connectivity index (χ0v) is 16.5. The van der Waals surface area contributed by atoms with E-state index in [-0.39, 0.29) is 20.7 Å². The topological polar surface area (TPSA) is 100 Å². The van der Waals surface area contributed by atoms with Crippen LogP contribution in [0.3, 0.4) is 0 Å². The Balaban J connectivity index is 1.63. The second-order valence-electron chi connectivity index (χ2n) is 5.36. The maximum atomic E-state index is 13.6. The van der Waals surface area contributed by atoms with Gasteiger partial charge in [-0.25, -0.2) is 17.8 Å². The molecule has 0 aliphatic carbocycles. The minimum absolute atomic E-state index is 0.0366. The predicted molar refractivity (Wildman–Crippen MR) is 109 cm³/mol. The summed E-state index contributed by atoms with van der Waals surface area (Å²) in [6.07, 6.45) is 1.49. The number of carbonyl (C=O) groups excluding carboxylic acids is 1. The lowest BCUT2D eigenvalue weighted by Gasteiger charge is -2.11. The number of thiazole rings is 1. The lowest BCUT2D eigenvalue weighted by molar-refractivity contribution is 0.0974. The van der Waals surface area contributed by atoms with E-state index in [1.54, 1.807) is 5.38 Å². The van der Waals surface area contributed by atoms with Crippen LogP contribution in [0.15, 0.2) is 65.0 Å². The lowest BCUT2D eigenvalue weighted by Crippen LogP contribution is -2.34. The molecule has 0 radical (unpaired) electrons. The van der Waals surface area contributed by atoms with E-state index in [9.17, 15) is 17.6 Å². The monoisotopic (exact) mass is 436 g/mol. The molecule has 1 aromatic heterocycles. The van der Waals surface area contributed by atoms with Gasteiger partial charge in [0.1, 0.15) is 5.82 Å². The highest BCUT2D eigenvalue weighted by Gasteiger charge is 2.16. The SMILES string of the molecule is O=C(NC(=S)Nc1ccc(S(=O)(=O)Nc2nccs2)cc1)c1ccccc1F. The molecule has 0 atom stereocenters. The number of rotatable bonds is 5. The smallest absolute Gasteiger partial charge is 0.263 e. The summed E-state index contributed by atoms with van der Waals surface area (Å²) in [7, 11) is -3.76. The number of benzene rings is 2. The molecule has 144 valence electrons. The van der Waals surface area contributed by atoms with Gasteiger partial charge >= 0.3 is 0 Å². The van der Waals surface area contributed by atoms with Crippen molar-refractivity contribution in [2.24, 2.45) is 0 Å². The van der Waals surface area contributed by atoms with Gasteiger partial charge in [-0.1, -0.05) is 12.1 Å². The van der Waals surface area contributed by atoms with Gasteiger partial charge in [-0.05, 0) is 48.6 Å². The van der Waals surface area contributed by atoms with Crippen molar-refractivity contribution >= 4 is 55.4 Å². The molecular weight excluding hydrogens is 423 g/mol. The fourth-order valence-electron chi connectivity index (χ4n) is 2.14. The van der Waals surface area contributed by atoms with Crippen LogP contribution in [0.5, 0.6) is 0 Å². The molecule has 3 N–H and O–H groups in total. The summed E-state index contributed by atoms with van der Waals surface area (Å²) in [5, 5.41) is 6.97. The Morgan fingerprint density at radius 3 is 2.46 bits per heavy atom. The summed E-state index contributed by atoms with van der Waals surface area (Å²) < 4.78 is 40.6. The minimum atomic E-state index is -3.76. The van der Waals surface area contributed by atoms with E-state index in [0.717, 1.165) is 11.3 Å². The van der Waals surface area contributed by atoms with Crippen LogP contribution in [0.2, 0.25) is 0 Å². The summed E-state index contributed by atoms with van der Waals surface area (Å²) in [5.41, 5.74) is 0.313. The summed E-state index contributed by atoms with van der Waals surface area (Å²) in [5.74, 6) is -1.35. The van der Waals surface area contributed by atoms with E-state index < -0.39 is 21.7 Å². The van der Waals surface area contributed by atoms with Crippen molar-refractivity contribution in [2.45, 2.75) is 4.90 Å². The predicted octanol–water partition coefficient (Wildman–Crippen LogP) is 3.21. The molecular formula is C17H13FN4O3S3. The van der Waals surface area contributed by atoms with Crippen LogP contribution in [0.25, 0.3) is 0 Å². The van der Waals surface area contributed by atoms with Crippen LogP contribution >= 0.6 is 23.6 Å². The largest absolute Gasteiger partial charge is 0.332 e. The molecule has 28 heavy (non-hydrogen) atoms. The molecule has 0 unspecified atom stereocenters. The summed E-state index contributed by atoms with van der Waals surface area (Å²) in [4.78, 5) is 15.9. The Morgan fingerprint density at radius 1 is 1.11 bits per heavy atom. The normalized spacial score (nSPS) is 10.9. The Morgan fingerprint density at radius 2 is 1.82 bits per heavy atom. The van der Waals surface area contributed by atoms with Crippen molar-refractivity contribution in [3.63, 3.8) is 0 Å². The highest BCUT2D eigenvalue weighted by atomic mass is 32.2. The Hall–Kier alpha value is -2.89. The maximum Gasteiger partial charge on any atom is 0.263 e. The number of anilines is 2. The zero-order valence-electron chi connectivity index (χ0n) is 14.0. The number of nitrogens with one attached hydrogen (secondary N) is 3. The molecule has 1 amide bonds. The van der Waals surface area contributed by atoms with Crippen molar-refractivity contribution in [1.82, 2.24) is 10.3 Å². The van der Waals surface area contributed by atoms with Crippen LogP contribution in [0.4, 0.5) is 15.2 Å². The van der Waals surface area contributed by atoms with Crippen LogP contribution in [-0.2, 0) is 10.0 Å². The molecule has 0 aliphatic rings. The fraction of sp³-hybridized carbons (Fsp3) is 0. The number of aromatic nitrogens is 1. The quantitative estimate of drug-likeness (QED) is 0.531. The third-order valence-corrected chi connectivity index (χ3v) is 5.80. The highest BCUT2D eigenvalue weighted by molar-refractivity contribution is 7.93. The van der Waals surface area contributed by atoms with Crippen molar-refractivity contribution < 1.29 is 17.6 Å². The number of hydrogen-bond acceptors (Lipinski definition) is 6. The van der Waals surface area contributed by atoms with Gasteiger partial charge in [-0.2, -0.15) is 0 Å². The number of thiocarbonyl (C=S) groups is 1. The number of nitrogens with zero attached hydrogens (tertiary/aromatic N) is 1. The third-order valence-electron chi connectivity index (χ3n) is 3.42. The van der Waals surface area contributed by atoms with E-state index in [0.29, 0.717) is 5.69 Å². The molecule has 0 bridgehead atoms. The Labute approximate surface area is 169 Å². The number of halogens is 1. The zero-order chi connectivity index (χ0) is 20.1. The minimum Gasteiger partial charge on any atom is -0.332 e. The van der Waals surface area contributed by atoms with Gasteiger partial charge in [0.25, 0.3) is 15.9 Å². The Kier molecular flexibility index (Phi) is 5.97. The van der Waals surface area contributed by atoms with Gasteiger partial charge in [0.2, 0.25) is 0 Å². The Bertz CT molecular complexity index is 1100. The number of sulfonamides is 1. The van der Waals surface area contributed by atoms with Crippen molar-refractivity contribution in [1.29, 1.82) is 0 Å². The van der Waals surface area contributed by atoms with Crippen LogP contribution < -0.4 is 15.4 Å². The number of hydrogen-bond donors (Lipinski definition) is 3. The molecule has 2 aromatic carbocycles. The van der Waals surface area contributed by atoms with E-state index in [1.807, 2.05) is 0 Å². The maximum absolute atomic E-state index is 13.6. The van der Waals surface area contributed by atoms with Gasteiger partial charge in [0.05, 0.1) is 10.5 Å². The van der Waals surface area contributed by atoms with Gasteiger partial charge < -0.3 is 5.32 Å². The van der Waals surface area contributed by atoms with Gasteiger partial charge in [0, 0.05) is 17.3 Å². The van der Waals surface area contributed by atoms with Gasteiger partial charge in [0.15, 0.2) is 10.2 Å². The number of carbonyl (C=O) groups is 1. The fourth-order valence-corrected chi connectivity index (χ4v) is 4.14.